The van der Waals surface area contributed by atoms with Crippen LogP contribution >= 0.6 is 0 Å². The molecule has 1 rings (SSSR count). The van der Waals surface area contributed by atoms with Crippen LogP contribution in [0.15, 0.2) is 34.3 Å². The smallest absolute Gasteiger partial charge is 0.369 e. The molecule has 1 aromatic rings. The summed E-state index contributed by atoms with van der Waals surface area (Å²) in [7, 11) is -2.64. The highest BCUT2D eigenvalue weighted by molar-refractivity contribution is 7.89. The summed E-state index contributed by atoms with van der Waals surface area (Å²) in [6.07, 6.45) is 0. The van der Waals surface area contributed by atoms with Crippen molar-refractivity contribution in [2.24, 2.45) is 10.2 Å². The number of esters is 1. The number of methoxy groups -OCH3 is 1. The number of benzene rings is 1. The number of nitrogens with one attached hydrogen (secondary N) is 1. The topological polar surface area (TPSA) is 135 Å². The summed E-state index contributed by atoms with van der Waals surface area (Å²) in [5.41, 5.74) is 2.34. The van der Waals surface area contributed by atoms with E-state index < -0.39 is 21.7 Å². The number of nitriles is 1. The summed E-state index contributed by atoms with van der Waals surface area (Å²) in [5.74, 6) is -0.879. The van der Waals surface area contributed by atoms with Crippen LogP contribution in [-0.4, -0.2) is 27.2 Å². The molecule has 0 heterocycles. The van der Waals surface area contributed by atoms with Gasteiger partial charge in [-0.2, -0.15) is 10.4 Å². The van der Waals surface area contributed by atoms with Crippen LogP contribution in [0.4, 0.5) is 5.69 Å². The molecule has 0 atom stereocenters. The number of sulfonamides is 1. The zero-order valence-electron chi connectivity index (χ0n) is 9.82. The molecule has 0 aliphatic heterocycles. The van der Waals surface area contributed by atoms with Gasteiger partial charge in [0.05, 0.1) is 17.7 Å². The molecular weight excluding hydrogens is 272 g/mol. The molecule has 0 spiro atoms. The van der Waals surface area contributed by atoms with Gasteiger partial charge in [0.1, 0.15) is 6.07 Å². The summed E-state index contributed by atoms with van der Waals surface area (Å²) in [5, 5.41) is 17.1. The maximum atomic E-state index is 11.0. The van der Waals surface area contributed by atoms with E-state index in [1.54, 1.807) is 6.07 Å². The van der Waals surface area contributed by atoms with Crippen molar-refractivity contribution in [2.75, 3.05) is 12.5 Å². The minimum absolute atomic E-state index is 0.0597. The van der Waals surface area contributed by atoms with E-state index in [2.05, 4.69) is 15.3 Å². The van der Waals surface area contributed by atoms with Crippen LogP contribution < -0.4 is 10.6 Å². The Morgan fingerprint density at radius 2 is 2.00 bits per heavy atom. The summed E-state index contributed by atoms with van der Waals surface area (Å²) < 4.78 is 26.3. The van der Waals surface area contributed by atoms with E-state index >= 15 is 0 Å². The van der Waals surface area contributed by atoms with E-state index in [1.807, 2.05) is 0 Å². The van der Waals surface area contributed by atoms with Gasteiger partial charge in [0.15, 0.2) is 0 Å². The molecule has 0 unspecified atom stereocenters. The molecule has 19 heavy (non-hydrogen) atoms. The van der Waals surface area contributed by atoms with E-state index in [0.717, 1.165) is 7.11 Å². The first kappa shape index (κ1) is 14.6. The Kier molecular flexibility index (Phi) is 4.57. The molecule has 0 aromatic heterocycles. The number of carbonyl (C=O) groups excluding carboxylic acids is 1. The van der Waals surface area contributed by atoms with Crippen LogP contribution in [0.3, 0.4) is 0 Å². The quantitative estimate of drug-likeness (QED) is 0.446. The Bertz CT molecular complexity index is 643. The highest BCUT2D eigenvalue weighted by Crippen LogP contribution is 2.12. The lowest BCUT2D eigenvalue weighted by Gasteiger charge is -2.02. The minimum atomic E-state index is -3.76. The molecule has 0 amide bonds. The van der Waals surface area contributed by atoms with Crippen LogP contribution in [0.2, 0.25) is 0 Å². The van der Waals surface area contributed by atoms with E-state index in [4.69, 9.17) is 10.4 Å². The third-order valence-electron chi connectivity index (χ3n) is 1.96. The second kappa shape index (κ2) is 5.94. The van der Waals surface area contributed by atoms with Crippen molar-refractivity contribution in [3.63, 3.8) is 0 Å². The van der Waals surface area contributed by atoms with Gasteiger partial charge in [0.25, 0.3) is 0 Å². The average molecular weight is 282 g/mol. The molecule has 9 heteroatoms. The summed E-state index contributed by atoms with van der Waals surface area (Å²) >= 11 is 0. The fourth-order valence-electron chi connectivity index (χ4n) is 1.05. The molecule has 1 aromatic carbocycles. The Labute approximate surface area is 109 Å². The molecular formula is C10H10N4O4S. The SMILES string of the molecule is COC(=O)C(C#N)=NNc1ccc(S(N)(=O)=O)cc1. The van der Waals surface area contributed by atoms with Crippen molar-refractivity contribution < 1.29 is 17.9 Å². The van der Waals surface area contributed by atoms with Crippen molar-refractivity contribution in [3.8, 4) is 6.07 Å². The first-order valence-electron chi connectivity index (χ1n) is 4.83. The first-order chi connectivity index (χ1) is 8.88. The minimum Gasteiger partial charge on any atom is -0.464 e. The largest absolute Gasteiger partial charge is 0.464 e. The number of hydrogen-bond acceptors (Lipinski definition) is 7. The van der Waals surface area contributed by atoms with Crippen LogP contribution in [-0.2, 0) is 19.6 Å². The zero-order valence-corrected chi connectivity index (χ0v) is 10.6. The van der Waals surface area contributed by atoms with Crippen LogP contribution in [0.5, 0.6) is 0 Å². The van der Waals surface area contributed by atoms with Gasteiger partial charge in [0.2, 0.25) is 15.7 Å². The van der Waals surface area contributed by atoms with E-state index in [-0.39, 0.29) is 4.90 Å². The molecule has 100 valence electrons. The van der Waals surface area contributed by atoms with Gasteiger partial charge in [-0.05, 0) is 24.3 Å². The number of ether oxygens (including phenoxy) is 1. The van der Waals surface area contributed by atoms with Gasteiger partial charge in [-0.1, -0.05) is 0 Å². The number of carbonyl (C=O) groups is 1. The summed E-state index contributed by atoms with van der Waals surface area (Å²) in [6.45, 7) is 0. The standard InChI is InChI=1S/C10H10N4O4S/c1-18-10(15)9(6-11)14-13-7-2-4-8(5-3-7)19(12,16)17/h2-5,13H,1H3,(H2,12,16,17). The molecule has 8 nitrogen and oxygen atoms in total. The Morgan fingerprint density at radius 1 is 1.42 bits per heavy atom. The van der Waals surface area contributed by atoms with Gasteiger partial charge >= 0.3 is 5.97 Å². The monoisotopic (exact) mass is 282 g/mol. The van der Waals surface area contributed by atoms with Gasteiger partial charge in [-0.3, -0.25) is 5.43 Å². The van der Waals surface area contributed by atoms with Crippen molar-refractivity contribution in [1.82, 2.24) is 0 Å². The second-order valence-electron chi connectivity index (χ2n) is 3.24. The fourth-order valence-corrected chi connectivity index (χ4v) is 1.57. The van der Waals surface area contributed by atoms with Crippen molar-refractivity contribution >= 4 is 27.4 Å². The molecule has 0 saturated heterocycles. The lowest BCUT2D eigenvalue weighted by molar-refractivity contribution is -0.132. The molecule has 0 aliphatic carbocycles. The van der Waals surface area contributed by atoms with E-state index in [0.29, 0.717) is 5.69 Å². The van der Waals surface area contributed by atoms with Gasteiger partial charge in [-0.15, -0.1) is 0 Å². The average Bonchev–Trinajstić information content (AvgIpc) is 2.38. The normalized spacial score (nSPS) is 11.5. The zero-order chi connectivity index (χ0) is 14.5. The fraction of sp³-hybridized carbons (Fsp3) is 0.100. The summed E-state index contributed by atoms with van der Waals surface area (Å²) in [6, 6.07) is 6.85. The van der Waals surface area contributed by atoms with E-state index in [9.17, 15) is 13.2 Å². The van der Waals surface area contributed by atoms with Gasteiger partial charge in [-0.25, -0.2) is 18.4 Å². The lowest BCUT2D eigenvalue weighted by Crippen LogP contribution is -2.15. The Morgan fingerprint density at radius 3 is 2.42 bits per heavy atom. The van der Waals surface area contributed by atoms with Crippen LogP contribution in [0.25, 0.3) is 0 Å². The van der Waals surface area contributed by atoms with Gasteiger partial charge < -0.3 is 4.74 Å². The predicted molar refractivity (Wildman–Crippen MR) is 66.5 cm³/mol. The molecule has 0 aliphatic rings. The number of nitrogens with zero attached hydrogens (tertiary/aromatic N) is 2. The highest BCUT2D eigenvalue weighted by atomic mass is 32.2. The summed E-state index contributed by atoms with van der Waals surface area (Å²) in [4.78, 5) is 11.0. The number of anilines is 1. The number of rotatable bonds is 4. The Balaban J connectivity index is 2.88. The second-order valence-corrected chi connectivity index (χ2v) is 4.81. The number of nitrogens with two attached hydrogens (primary N) is 1. The van der Waals surface area contributed by atoms with Crippen LogP contribution in [0, 0.1) is 11.3 Å². The van der Waals surface area contributed by atoms with Crippen molar-refractivity contribution in [1.29, 1.82) is 5.26 Å². The predicted octanol–water partition coefficient (Wildman–Crippen LogP) is -0.202. The van der Waals surface area contributed by atoms with Crippen LogP contribution in [0.1, 0.15) is 0 Å². The van der Waals surface area contributed by atoms with Gasteiger partial charge in [0, 0.05) is 0 Å². The lowest BCUT2D eigenvalue weighted by atomic mass is 10.3. The van der Waals surface area contributed by atoms with Crippen molar-refractivity contribution in [3.05, 3.63) is 24.3 Å². The highest BCUT2D eigenvalue weighted by Gasteiger charge is 2.10. The number of hydrazone groups is 1. The Hall–Kier alpha value is -2.44. The number of hydrogen-bond donors (Lipinski definition) is 2. The van der Waals surface area contributed by atoms with Crippen molar-refractivity contribution in [2.45, 2.75) is 4.90 Å². The third kappa shape index (κ3) is 4.06. The third-order valence-corrected chi connectivity index (χ3v) is 2.89. The molecule has 0 fully saturated rings. The molecule has 0 radical (unpaired) electrons. The maximum absolute atomic E-state index is 11.0. The first-order valence-corrected chi connectivity index (χ1v) is 6.38. The molecule has 0 saturated carbocycles. The van der Waals surface area contributed by atoms with E-state index in [1.165, 1.54) is 24.3 Å². The molecule has 0 bridgehead atoms. The molecule has 3 N–H and O–H groups in total. The maximum Gasteiger partial charge on any atom is 0.369 e. The number of primary sulfonamides is 1.